The lowest BCUT2D eigenvalue weighted by atomic mass is 10.2. The highest BCUT2D eigenvalue weighted by molar-refractivity contribution is 6.33. The lowest BCUT2D eigenvalue weighted by molar-refractivity contribution is 0.0697. The van der Waals surface area contributed by atoms with Gasteiger partial charge in [-0.15, -0.1) is 0 Å². The summed E-state index contributed by atoms with van der Waals surface area (Å²) in [5, 5.41) is 12.3. The van der Waals surface area contributed by atoms with E-state index in [-0.39, 0.29) is 10.6 Å². The van der Waals surface area contributed by atoms with Gasteiger partial charge in [-0.1, -0.05) is 23.7 Å². The largest absolute Gasteiger partial charge is 0.494 e. The third-order valence-electron chi connectivity index (χ3n) is 2.91. The molecule has 0 aliphatic carbocycles. The van der Waals surface area contributed by atoms with Crippen molar-refractivity contribution in [3.05, 3.63) is 58.6 Å². The van der Waals surface area contributed by atoms with E-state index in [2.05, 4.69) is 5.32 Å². The number of aromatic carboxylic acids is 1. The Morgan fingerprint density at radius 2 is 2.10 bits per heavy atom. The van der Waals surface area contributed by atoms with E-state index in [1.807, 2.05) is 31.2 Å². The van der Waals surface area contributed by atoms with Gasteiger partial charge in [0.15, 0.2) is 0 Å². The Bertz CT molecular complexity index is 643. The predicted molar refractivity (Wildman–Crippen MR) is 83.3 cm³/mol. The molecule has 0 bridgehead atoms. The molecule has 5 heteroatoms. The molecule has 0 atom stereocenters. The molecule has 0 spiro atoms. The Balaban J connectivity index is 2.04. The predicted octanol–water partition coefficient (Wildman–Crippen LogP) is 4.05. The summed E-state index contributed by atoms with van der Waals surface area (Å²) in [5.74, 6) is -0.202. The Hall–Kier alpha value is -2.20. The standard InChI is InChI=1S/C16H16ClNO3/c1-2-21-13-5-3-4-11(8-13)10-18-12-6-7-14(16(19)20)15(17)9-12/h3-9,18H,2,10H2,1H3,(H,19,20). The van der Waals surface area contributed by atoms with Crippen molar-refractivity contribution in [1.29, 1.82) is 0 Å². The molecule has 0 saturated carbocycles. The van der Waals surface area contributed by atoms with Crippen LogP contribution in [-0.4, -0.2) is 17.7 Å². The average molecular weight is 306 g/mol. The fraction of sp³-hybridized carbons (Fsp3) is 0.188. The summed E-state index contributed by atoms with van der Waals surface area (Å²) in [6.45, 7) is 3.17. The Morgan fingerprint density at radius 1 is 1.29 bits per heavy atom. The number of ether oxygens (including phenoxy) is 1. The zero-order valence-corrected chi connectivity index (χ0v) is 12.4. The van der Waals surface area contributed by atoms with Gasteiger partial charge in [-0.3, -0.25) is 0 Å². The van der Waals surface area contributed by atoms with Crippen molar-refractivity contribution >= 4 is 23.3 Å². The van der Waals surface area contributed by atoms with Crippen LogP contribution in [0.25, 0.3) is 0 Å². The van der Waals surface area contributed by atoms with Crippen LogP contribution in [0.15, 0.2) is 42.5 Å². The van der Waals surface area contributed by atoms with E-state index in [1.54, 1.807) is 12.1 Å². The minimum absolute atomic E-state index is 0.0977. The molecule has 110 valence electrons. The second-order valence-corrected chi connectivity index (χ2v) is 4.84. The smallest absolute Gasteiger partial charge is 0.337 e. The van der Waals surface area contributed by atoms with Crippen molar-refractivity contribution in [3.63, 3.8) is 0 Å². The SMILES string of the molecule is CCOc1cccc(CNc2ccc(C(=O)O)c(Cl)c2)c1. The first-order chi connectivity index (χ1) is 10.1. The van der Waals surface area contributed by atoms with Gasteiger partial charge >= 0.3 is 5.97 Å². The molecule has 0 heterocycles. The number of anilines is 1. The van der Waals surface area contributed by atoms with Gasteiger partial charge in [0.05, 0.1) is 17.2 Å². The molecule has 2 rings (SSSR count). The molecule has 0 aliphatic rings. The van der Waals surface area contributed by atoms with Crippen molar-refractivity contribution in [3.8, 4) is 5.75 Å². The van der Waals surface area contributed by atoms with Crippen LogP contribution < -0.4 is 10.1 Å². The van der Waals surface area contributed by atoms with Gasteiger partial charge in [-0.25, -0.2) is 4.79 Å². The first-order valence-electron chi connectivity index (χ1n) is 6.58. The maximum absolute atomic E-state index is 10.9. The van der Waals surface area contributed by atoms with E-state index in [4.69, 9.17) is 21.4 Å². The molecule has 0 aliphatic heterocycles. The minimum atomic E-state index is -1.03. The van der Waals surface area contributed by atoms with Crippen LogP contribution in [0.3, 0.4) is 0 Å². The summed E-state index contributed by atoms with van der Waals surface area (Å²) in [6, 6.07) is 12.6. The number of carboxylic acids is 1. The lowest BCUT2D eigenvalue weighted by Gasteiger charge is -2.09. The fourth-order valence-electron chi connectivity index (χ4n) is 1.91. The van der Waals surface area contributed by atoms with E-state index in [0.29, 0.717) is 13.2 Å². The topological polar surface area (TPSA) is 58.6 Å². The number of carbonyl (C=O) groups is 1. The maximum atomic E-state index is 10.9. The van der Waals surface area contributed by atoms with Crippen molar-refractivity contribution in [2.75, 3.05) is 11.9 Å². The van der Waals surface area contributed by atoms with Gasteiger partial charge in [0.2, 0.25) is 0 Å². The molecule has 0 amide bonds. The van der Waals surface area contributed by atoms with Gasteiger partial charge < -0.3 is 15.2 Å². The van der Waals surface area contributed by atoms with E-state index in [9.17, 15) is 4.79 Å². The van der Waals surface area contributed by atoms with Crippen LogP contribution in [0, 0.1) is 0 Å². The molecule has 0 saturated heterocycles. The number of hydrogen-bond acceptors (Lipinski definition) is 3. The van der Waals surface area contributed by atoms with Gasteiger partial charge in [-0.2, -0.15) is 0 Å². The Kier molecular flexibility index (Phi) is 5.06. The number of nitrogens with one attached hydrogen (secondary N) is 1. The molecule has 0 unspecified atom stereocenters. The molecule has 2 aromatic carbocycles. The van der Waals surface area contributed by atoms with E-state index in [1.165, 1.54) is 6.07 Å². The highest BCUT2D eigenvalue weighted by Crippen LogP contribution is 2.22. The molecule has 2 N–H and O–H groups in total. The number of benzene rings is 2. The summed E-state index contributed by atoms with van der Waals surface area (Å²) < 4.78 is 5.45. The first-order valence-corrected chi connectivity index (χ1v) is 6.96. The van der Waals surface area contributed by atoms with E-state index >= 15 is 0 Å². The molecular formula is C16H16ClNO3. The van der Waals surface area contributed by atoms with Crippen LogP contribution in [0.5, 0.6) is 5.75 Å². The minimum Gasteiger partial charge on any atom is -0.494 e. The third-order valence-corrected chi connectivity index (χ3v) is 3.22. The third kappa shape index (κ3) is 4.13. The number of rotatable bonds is 6. The van der Waals surface area contributed by atoms with Crippen LogP contribution >= 0.6 is 11.6 Å². The molecule has 0 aromatic heterocycles. The molecule has 2 aromatic rings. The van der Waals surface area contributed by atoms with Gasteiger partial charge in [0.25, 0.3) is 0 Å². The summed E-state index contributed by atoms with van der Waals surface area (Å²) in [4.78, 5) is 10.9. The quantitative estimate of drug-likeness (QED) is 0.845. The Labute approximate surface area is 128 Å². The van der Waals surface area contributed by atoms with Crippen molar-refractivity contribution < 1.29 is 14.6 Å². The lowest BCUT2D eigenvalue weighted by Crippen LogP contribution is -2.02. The molecule has 21 heavy (non-hydrogen) atoms. The highest BCUT2D eigenvalue weighted by atomic mass is 35.5. The second kappa shape index (κ2) is 6.99. The molecule has 0 fully saturated rings. The van der Waals surface area contributed by atoms with Crippen molar-refractivity contribution in [2.24, 2.45) is 0 Å². The van der Waals surface area contributed by atoms with Crippen molar-refractivity contribution in [1.82, 2.24) is 0 Å². The number of carboxylic acid groups (broad SMARTS) is 1. The van der Waals surface area contributed by atoms with Gasteiger partial charge in [-0.05, 0) is 42.8 Å². The summed E-state index contributed by atoms with van der Waals surface area (Å²) in [6.07, 6.45) is 0. The molecule has 0 radical (unpaired) electrons. The van der Waals surface area contributed by atoms with Gasteiger partial charge in [0, 0.05) is 12.2 Å². The summed E-state index contributed by atoms with van der Waals surface area (Å²) in [5.41, 5.74) is 1.94. The summed E-state index contributed by atoms with van der Waals surface area (Å²) >= 11 is 5.93. The first kappa shape index (κ1) is 15.2. The zero-order chi connectivity index (χ0) is 15.2. The van der Waals surface area contributed by atoms with Crippen LogP contribution in [0.4, 0.5) is 5.69 Å². The maximum Gasteiger partial charge on any atom is 0.337 e. The average Bonchev–Trinajstić information content (AvgIpc) is 2.45. The van der Waals surface area contributed by atoms with E-state index < -0.39 is 5.97 Å². The van der Waals surface area contributed by atoms with Crippen LogP contribution in [-0.2, 0) is 6.54 Å². The number of hydrogen-bond donors (Lipinski definition) is 2. The molecular weight excluding hydrogens is 290 g/mol. The number of halogens is 1. The highest BCUT2D eigenvalue weighted by Gasteiger charge is 2.08. The van der Waals surface area contributed by atoms with E-state index in [0.717, 1.165) is 17.0 Å². The van der Waals surface area contributed by atoms with Crippen LogP contribution in [0.1, 0.15) is 22.8 Å². The van der Waals surface area contributed by atoms with Crippen LogP contribution in [0.2, 0.25) is 5.02 Å². The summed E-state index contributed by atoms with van der Waals surface area (Å²) in [7, 11) is 0. The fourth-order valence-corrected chi connectivity index (χ4v) is 2.18. The van der Waals surface area contributed by atoms with Gasteiger partial charge in [0.1, 0.15) is 5.75 Å². The monoisotopic (exact) mass is 305 g/mol. The molecule has 4 nitrogen and oxygen atoms in total. The van der Waals surface area contributed by atoms with Crippen molar-refractivity contribution in [2.45, 2.75) is 13.5 Å². The second-order valence-electron chi connectivity index (χ2n) is 4.43. The normalized spacial score (nSPS) is 10.2. The Morgan fingerprint density at radius 3 is 2.76 bits per heavy atom. The zero-order valence-electron chi connectivity index (χ0n) is 11.6.